The molecule has 0 amide bonds. The van der Waals surface area contributed by atoms with Crippen LogP contribution in [0, 0.1) is 6.92 Å². The third-order valence-corrected chi connectivity index (χ3v) is 3.94. The first kappa shape index (κ1) is 14.9. The van der Waals surface area contributed by atoms with Crippen molar-refractivity contribution in [3.63, 3.8) is 0 Å². The van der Waals surface area contributed by atoms with E-state index in [9.17, 15) is 8.42 Å². The predicted octanol–water partition coefficient (Wildman–Crippen LogP) is 0.844. The number of rotatable bonds is 6. The van der Waals surface area contributed by atoms with Crippen LogP contribution in [0.15, 0.2) is 23.1 Å². The molecule has 0 spiro atoms. The zero-order chi connectivity index (χ0) is 13.8. The lowest BCUT2D eigenvalue weighted by Crippen LogP contribution is -2.31. The van der Waals surface area contributed by atoms with Crippen molar-refractivity contribution < 1.29 is 13.2 Å². The van der Waals surface area contributed by atoms with Crippen molar-refractivity contribution in [2.24, 2.45) is 0 Å². The smallest absolute Gasteiger partial charge is 0.244 e. The van der Waals surface area contributed by atoms with Crippen LogP contribution in [0.25, 0.3) is 0 Å². The molecule has 1 rings (SSSR count). The highest BCUT2D eigenvalue weighted by Gasteiger charge is 2.18. The highest BCUT2D eigenvalue weighted by molar-refractivity contribution is 7.89. The Bertz CT molecular complexity index is 498. The summed E-state index contributed by atoms with van der Waals surface area (Å²) in [7, 11) is 1.72. The molecule has 0 aliphatic carbocycles. The van der Waals surface area contributed by atoms with Gasteiger partial charge >= 0.3 is 0 Å². The molecule has 0 aliphatic rings. The first-order chi connectivity index (χ1) is 8.36. The summed E-state index contributed by atoms with van der Waals surface area (Å²) in [5.74, 6) is 0.359. The number of ether oxygens (including phenoxy) is 1. The molecule has 0 radical (unpaired) electrons. The van der Waals surface area contributed by atoms with Gasteiger partial charge in [0, 0.05) is 13.1 Å². The van der Waals surface area contributed by atoms with Crippen molar-refractivity contribution in [3.05, 3.63) is 23.8 Å². The largest absolute Gasteiger partial charge is 0.495 e. The van der Waals surface area contributed by atoms with Crippen LogP contribution in [0.2, 0.25) is 0 Å². The maximum absolute atomic E-state index is 12.1. The van der Waals surface area contributed by atoms with Gasteiger partial charge in [0.15, 0.2) is 0 Å². The number of aryl methyl sites for hydroxylation is 1. The molecule has 5 nitrogen and oxygen atoms in total. The van der Waals surface area contributed by atoms with Gasteiger partial charge in [0.05, 0.1) is 7.11 Å². The highest BCUT2D eigenvalue weighted by Crippen LogP contribution is 2.24. The van der Waals surface area contributed by atoms with E-state index in [1.807, 2.05) is 32.0 Å². The van der Waals surface area contributed by atoms with Gasteiger partial charge in [0.1, 0.15) is 10.6 Å². The summed E-state index contributed by atoms with van der Waals surface area (Å²) in [5.41, 5.74) is 0.879. The molecular weight excluding hydrogens is 252 g/mol. The van der Waals surface area contributed by atoms with Crippen molar-refractivity contribution in [1.82, 2.24) is 9.62 Å². The van der Waals surface area contributed by atoms with E-state index in [2.05, 4.69) is 4.72 Å². The van der Waals surface area contributed by atoms with Gasteiger partial charge in [-0.1, -0.05) is 6.07 Å². The van der Waals surface area contributed by atoms with Crippen LogP contribution in [0.5, 0.6) is 5.75 Å². The van der Waals surface area contributed by atoms with Gasteiger partial charge in [-0.25, -0.2) is 13.1 Å². The van der Waals surface area contributed by atoms with Crippen molar-refractivity contribution in [2.45, 2.75) is 11.8 Å². The van der Waals surface area contributed by atoms with E-state index < -0.39 is 10.0 Å². The molecule has 0 atom stereocenters. The standard InChI is InChI=1S/C12H20N2O3S/c1-10-5-6-11(17-4)12(9-10)18(15,16)13-7-8-14(2)3/h5-6,9,13H,7-8H2,1-4H3. The van der Waals surface area contributed by atoms with Crippen LogP contribution in [0.3, 0.4) is 0 Å². The minimum Gasteiger partial charge on any atom is -0.495 e. The van der Waals surface area contributed by atoms with E-state index >= 15 is 0 Å². The number of methoxy groups -OCH3 is 1. The van der Waals surface area contributed by atoms with Crippen molar-refractivity contribution in [1.29, 1.82) is 0 Å². The van der Waals surface area contributed by atoms with Crippen molar-refractivity contribution >= 4 is 10.0 Å². The Morgan fingerprint density at radius 3 is 2.56 bits per heavy atom. The Morgan fingerprint density at radius 2 is 2.00 bits per heavy atom. The summed E-state index contributed by atoms with van der Waals surface area (Å²) in [5, 5.41) is 0. The van der Waals surface area contributed by atoms with E-state index in [0.29, 0.717) is 18.8 Å². The van der Waals surface area contributed by atoms with E-state index in [1.165, 1.54) is 7.11 Å². The maximum Gasteiger partial charge on any atom is 0.244 e. The second kappa shape index (κ2) is 6.17. The van der Waals surface area contributed by atoms with Gasteiger partial charge in [-0.15, -0.1) is 0 Å². The molecule has 0 saturated heterocycles. The quantitative estimate of drug-likeness (QED) is 0.834. The van der Waals surface area contributed by atoms with Crippen LogP contribution in [-0.2, 0) is 10.0 Å². The zero-order valence-corrected chi connectivity index (χ0v) is 12.0. The molecule has 0 unspecified atom stereocenters. The fourth-order valence-electron chi connectivity index (χ4n) is 1.48. The number of hydrogen-bond donors (Lipinski definition) is 1. The lowest BCUT2D eigenvalue weighted by atomic mass is 10.2. The van der Waals surface area contributed by atoms with Crippen LogP contribution in [0.4, 0.5) is 0 Å². The van der Waals surface area contributed by atoms with E-state index in [1.54, 1.807) is 12.1 Å². The van der Waals surface area contributed by atoms with Gasteiger partial charge in [-0.3, -0.25) is 0 Å². The van der Waals surface area contributed by atoms with Crippen molar-refractivity contribution in [2.75, 3.05) is 34.3 Å². The molecule has 0 aliphatic heterocycles. The Kier molecular flexibility index (Phi) is 5.13. The minimum absolute atomic E-state index is 0.184. The van der Waals surface area contributed by atoms with Gasteiger partial charge in [-0.2, -0.15) is 0 Å². The van der Waals surface area contributed by atoms with Crippen LogP contribution in [-0.4, -0.2) is 47.6 Å². The Hall–Kier alpha value is -1.11. The molecule has 0 aromatic heterocycles. The van der Waals surface area contributed by atoms with Crippen LogP contribution in [0.1, 0.15) is 5.56 Å². The molecular formula is C12H20N2O3S. The summed E-state index contributed by atoms with van der Waals surface area (Å²) in [6, 6.07) is 5.09. The van der Waals surface area contributed by atoms with E-state index in [4.69, 9.17) is 4.74 Å². The molecule has 0 bridgehead atoms. The lowest BCUT2D eigenvalue weighted by molar-refractivity contribution is 0.400. The van der Waals surface area contributed by atoms with Crippen molar-refractivity contribution in [3.8, 4) is 5.75 Å². The number of nitrogens with zero attached hydrogens (tertiary/aromatic N) is 1. The Balaban J connectivity index is 2.93. The average Bonchev–Trinajstić information content (AvgIpc) is 2.28. The Morgan fingerprint density at radius 1 is 1.33 bits per heavy atom. The molecule has 1 aromatic rings. The summed E-state index contributed by atoms with van der Waals surface area (Å²) in [6.45, 7) is 2.86. The lowest BCUT2D eigenvalue weighted by Gasteiger charge is -2.13. The molecule has 0 heterocycles. The number of benzene rings is 1. The third kappa shape index (κ3) is 3.97. The number of hydrogen-bond acceptors (Lipinski definition) is 4. The highest BCUT2D eigenvalue weighted by atomic mass is 32.2. The van der Waals surface area contributed by atoms with Gasteiger partial charge in [0.25, 0.3) is 0 Å². The normalized spacial score (nSPS) is 11.8. The maximum atomic E-state index is 12.1. The summed E-state index contributed by atoms with van der Waals surface area (Å²) in [4.78, 5) is 2.10. The second-order valence-electron chi connectivity index (χ2n) is 4.36. The number of likely N-dealkylation sites (N-methyl/N-ethyl adjacent to an activating group) is 1. The number of sulfonamides is 1. The average molecular weight is 272 g/mol. The summed E-state index contributed by atoms with van der Waals surface area (Å²) in [6.07, 6.45) is 0. The van der Waals surface area contributed by atoms with Gasteiger partial charge in [0.2, 0.25) is 10.0 Å². The molecule has 6 heteroatoms. The van der Waals surface area contributed by atoms with Gasteiger partial charge in [-0.05, 0) is 38.7 Å². The summed E-state index contributed by atoms with van der Waals surface area (Å²) >= 11 is 0. The van der Waals surface area contributed by atoms with Crippen LogP contribution < -0.4 is 9.46 Å². The molecule has 0 saturated carbocycles. The second-order valence-corrected chi connectivity index (χ2v) is 6.09. The van der Waals surface area contributed by atoms with E-state index in [0.717, 1.165) is 5.56 Å². The molecule has 102 valence electrons. The fourth-order valence-corrected chi connectivity index (χ4v) is 2.75. The summed E-state index contributed by atoms with van der Waals surface area (Å²) < 4.78 is 31.9. The predicted molar refractivity (Wildman–Crippen MR) is 71.5 cm³/mol. The SMILES string of the molecule is COc1ccc(C)cc1S(=O)(=O)NCCN(C)C. The first-order valence-corrected chi connectivity index (χ1v) is 7.14. The molecule has 1 N–H and O–H groups in total. The molecule has 18 heavy (non-hydrogen) atoms. The van der Waals surface area contributed by atoms with Gasteiger partial charge < -0.3 is 9.64 Å². The van der Waals surface area contributed by atoms with E-state index in [-0.39, 0.29) is 4.90 Å². The minimum atomic E-state index is -3.52. The molecule has 0 fully saturated rings. The zero-order valence-electron chi connectivity index (χ0n) is 11.2. The monoisotopic (exact) mass is 272 g/mol. The third-order valence-electron chi connectivity index (χ3n) is 2.46. The Labute approximate surface area is 109 Å². The topological polar surface area (TPSA) is 58.6 Å². The molecule has 1 aromatic carbocycles. The number of nitrogens with one attached hydrogen (secondary N) is 1. The van der Waals surface area contributed by atoms with Crippen LogP contribution >= 0.6 is 0 Å². The fraction of sp³-hybridized carbons (Fsp3) is 0.500. The first-order valence-electron chi connectivity index (χ1n) is 5.66.